The second-order valence-corrected chi connectivity index (χ2v) is 4.77. The van der Waals surface area contributed by atoms with Crippen molar-refractivity contribution in [3.05, 3.63) is 48.0 Å². The molecule has 4 heteroatoms. The Balaban J connectivity index is 1.91. The van der Waals surface area contributed by atoms with E-state index in [1.165, 1.54) is 5.56 Å². The van der Waals surface area contributed by atoms with Gasteiger partial charge >= 0.3 is 0 Å². The Kier molecular flexibility index (Phi) is 5.62. The number of rotatable bonds is 8. The molecule has 2 aromatic rings. The van der Waals surface area contributed by atoms with Gasteiger partial charge in [-0.1, -0.05) is 25.1 Å². The average Bonchev–Trinajstić information content (AvgIpc) is 2.89. The molecule has 0 fully saturated rings. The number of aryl methyl sites for hydroxylation is 1. The van der Waals surface area contributed by atoms with Gasteiger partial charge in [-0.25, -0.2) is 4.98 Å². The summed E-state index contributed by atoms with van der Waals surface area (Å²) in [5.41, 5.74) is 1.19. The van der Waals surface area contributed by atoms with Crippen molar-refractivity contribution in [2.75, 3.05) is 13.7 Å². The van der Waals surface area contributed by atoms with Crippen LogP contribution in [-0.2, 0) is 19.5 Å². The molecule has 108 valence electrons. The largest absolute Gasteiger partial charge is 0.491 e. The maximum atomic E-state index is 5.91. The van der Waals surface area contributed by atoms with Crippen LogP contribution in [0.2, 0.25) is 0 Å². The van der Waals surface area contributed by atoms with E-state index in [4.69, 9.17) is 4.74 Å². The molecule has 20 heavy (non-hydrogen) atoms. The number of nitrogens with zero attached hydrogens (tertiary/aromatic N) is 2. The second-order valence-electron chi connectivity index (χ2n) is 4.77. The van der Waals surface area contributed by atoms with E-state index in [9.17, 15) is 0 Å². The first-order valence-corrected chi connectivity index (χ1v) is 7.20. The number of nitrogens with one attached hydrogen (secondary N) is 1. The third-order valence-electron chi connectivity index (χ3n) is 3.20. The Morgan fingerprint density at radius 3 is 2.95 bits per heavy atom. The quantitative estimate of drug-likeness (QED) is 0.803. The van der Waals surface area contributed by atoms with Gasteiger partial charge in [0.1, 0.15) is 18.2 Å². The highest BCUT2D eigenvalue weighted by Gasteiger charge is 2.04. The van der Waals surface area contributed by atoms with Gasteiger partial charge < -0.3 is 14.6 Å². The van der Waals surface area contributed by atoms with Gasteiger partial charge in [-0.2, -0.15) is 0 Å². The molecule has 0 unspecified atom stereocenters. The van der Waals surface area contributed by atoms with Crippen LogP contribution in [-0.4, -0.2) is 23.2 Å². The zero-order valence-corrected chi connectivity index (χ0v) is 12.3. The van der Waals surface area contributed by atoms with Crippen LogP contribution in [0.1, 0.15) is 24.7 Å². The zero-order valence-electron chi connectivity index (χ0n) is 12.3. The fourth-order valence-electron chi connectivity index (χ4n) is 2.23. The average molecular weight is 273 g/mol. The summed E-state index contributed by atoms with van der Waals surface area (Å²) in [6.45, 7) is 4.49. The molecule has 0 saturated heterocycles. The molecule has 2 rings (SSSR count). The minimum absolute atomic E-state index is 0.661. The van der Waals surface area contributed by atoms with E-state index in [1.54, 1.807) is 0 Å². The van der Waals surface area contributed by atoms with E-state index in [1.807, 2.05) is 37.6 Å². The molecule has 4 nitrogen and oxygen atoms in total. The van der Waals surface area contributed by atoms with Gasteiger partial charge in [-0.15, -0.1) is 0 Å². The lowest BCUT2D eigenvalue weighted by molar-refractivity contribution is 0.293. The SMILES string of the molecule is CCCc1nccn1CCOc1ccccc1CNC. The Labute approximate surface area is 120 Å². The van der Waals surface area contributed by atoms with Crippen LogP contribution >= 0.6 is 0 Å². The lowest BCUT2D eigenvalue weighted by Gasteiger charge is -2.12. The highest BCUT2D eigenvalue weighted by molar-refractivity contribution is 5.33. The summed E-state index contributed by atoms with van der Waals surface area (Å²) in [4.78, 5) is 4.38. The van der Waals surface area contributed by atoms with Crippen molar-refractivity contribution in [1.29, 1.82) is 0 Å². The summed E-state index contributed by atoms with van der Waals surface area (Å²) in [7, 11) is 1.94. The second kappa shape index (κ2) is 7.70. The number of hydrogen-bond donors (Lipinski definition) is 1. The van der Waals surface area contributed by atoms with Gasteiger partial charge in [0.25, 0.3) is 0 Å². The molecule has 1 aromatic carbocycles. The third kappa shape index (κ3) is 3.84. The van der Waals surface area contributed by atoms with Crippen LogP contribution < -0.4 is 10.1 Å². The maximum absolute atomic E-state index is 5.91. The molecule has 0 aliphatic heterocycles. The molecule has 0 atom stereocenters. The first-order chi connectivity index (χ1) is 9.85. The van der Waals surface area contributed by atoms with Crippen LogP contribution in [0.15, 0.2) is 36.7 Å². The van der Waals surface area contributed by atoms with Crippen LogP contribution in [0.4, 0.5) is 0 Å². The van der Waals surface area contributed by atoms with E-state index in [-0.39, 0.29) is 0 Å². The Morgan fingerprint density at radius 2 is 2.15 bits per heavy atom. The summed E-state index contributed by atoms with van der Waals surface area (Å²) in [5.74, 6) is 2.10. The molecule has 1 aromatic heterocycles. The summed E-state index contributed by atoms with van der Waals surface area (Å²) in [5, 5.41) is 3.16. The molecule has 0 aliphatic carbocycles. The van der Waals surface area contributed by atoms with Crippen LogP contribution in [0.3, 0.4) is 0 Å². The number of hydrogen-bond acceptors (Lipinski definition) is 3. The molecule has 0 saturated carbocycles. The van der Waals surface area contributed by atoms with E-state index < -0.39 is 0 Å². The molecular weight excluding hydrogens is 250 g/mol. The topological polar surface area (TPSA) is 39.1 Å². The standard InChI is InChI=1S/C16H23N3O/c1-3-6-16-18-9-10-19(16)11-12-20-15-8-5-4-7-14(15)13-17-2/h4-5,7-10,17H,3,6,11-13H2,1-2H3. The molecule has 0 bridgehead atoms. The van der Waals surface area contributed by atoms with E-state index >= 15 is 0 Å². The Morgan fingerprint density at radius 1 is 1.30 bits per heavy atom. The summed E-state index contributed by atoms with van der Waals surface area (Å²) >= 11 is 0. The number of para-hydroxylation sites is 1. The van der Waals surface area contributed by atoms with Crippen molar-refractivity contribution in [2.24, 2.45) is 0 Å². The molecule has 1 N–H and O–H groups in total. The van der Waals surface area contributed by atoms with Crippen LogP contribution in [0, 0.1) is 0 Å². The first-order valence-electron chi connectivity index (χ1n) is 7.20. The van der Waals surface area contributed by atoms with E-state index in [0.717, 1.165) is 37.5 Å². The smallest absolute Gasteiger partial charge is 0.123 e. The van der Waals surface area contributed by atoms with Crippen molar-refractivity contribution in [3.63, 3.8) is 0 Å². The fourth-order valence-corrected chi connectivity index (χ4v) is 2.23. The van der Waals surface area contributed by atoms with Crippen molar-refractivity contribution < 1.29 is 4.74 Å². The lowest BCUT2D eigenvalue weighted by atomic mass is 10.2. The van der Waals surface area contributed by atoms with Gasteiger partial charge in [0.05, 0.1) is 6.54 Å². The number of aromatic nitrogens is 2. The van der Waals surface area contributed by atoms with Gasteiger partial charge in [-0.05, 0) is 19.5 Å². The predicted molar refractivity (Wildman–Crippen MR) is 80.9 cm³/mol. The molecule has 0 amide bonds. The fraction of sp³-hybridized carbons (Fsp3) is 0.438. The van der Waals surface area contributed by atoms with Crippen molar-refractivity contribution in [1.82, 2.24) is 14.9 Å². The van der Waals surface area contributed by atoms with Crippen molar-refractivity contribution >= 4 is 0 Å². The first kappa shape index (κ1) is 14.6. The number of ether oxygens (including phenoxy) is 1. The minimum Gasteiger partial charge on any atom is -0.491 e. The van der Waals surface area contributed by atoms with Crippen molar-refractivity contribution in [2.45, 2.75) is 32.9 Å². The minimum atomic E-state index is 0.661. The summed E-state index contributed by atoms with van der Waals surface area (Å²) < 4.78 is 8.08. The van der Waals surface area contributed by atoms with Crippen LogP contribution in [0.25, 0.3) is 0 Å². The lowest BCUT2D eigenvalue weighted by Crippen LogP contribution is -2.12. The Hall–Kier alpha value is -1.81. The zero-order chi connectivity index (χ0) is 14.2. The van der Waals surface area contributed by atoms with Crippen molar-refractivity contribution in [3.8, 4) is 5.75 Å². The number of imidazole rings is 1. The highest BCUT2D eigenvalue weighted by atomic mass is 16.5. The number of benzene rings is 1. The predicted octanol–water partition coefficient (Wildman–Crippen LogP) is 2.63. The van der Waals surface area contributed by atoms with E-state index in [0.29, 0.717) is 6.61 Å². The molecular formula is C16H23N3O. The van der Waals surface area contributed by atoms with Gasteiger partial charge in [0.2, 0.25) is 0 Å². The molecule has 0 spiro atoms. The van der Waals surface area contributed by atoms with Gasteiger partial charge in [0, 0.05) is 30.9 Å². The normalized spacial score (nSPS) is 10.7. The summed E-state index contributed by atoms with van der Waals surface area (Å²) in [6.07, 6.45) is 6.01. The van der Waals surface area contributed by atoms with Gasteiger partial charge in [0.15, 0.2) is 0 Å². The van der Waals surface area contributed by atoms with Gasteiger partial charge in [-0.3, -0.25) is 0 Å². The third-order valence-corrected chi connectivity index (χ3v) is 3.20. The maximum Gasteiger partial charge on any atom is 0.123 e. The molecule has 0 radical (unpaired) electrons. The highest BCUT2D eigenvalue weighted by Crippen LogP contribution is 2.17. The molecule has 0 aliphatic rings. The molecule has 1 heterocycles. The Bertz CT molecular complexity index is 522. The summed E-state index contributed by atoms with van der Waals surface area (Å²) in [6, 6.07) is 8.15. The van der Waals surface area contributed by atoms with Crippen LogP contribution in [0.5, 0.6) is 5.75 Å². The van der Waals surface area contributed by atoms with E-state index in [2.05, 4.69) is 27.9 Å². The monoisotopic (exact) mass is 273 g/mol.